The molecular formula is C19H19N3O2S. The van der Waals surface area contributed by atoms with Crippen molar-refractivity contribution in [3.05, 3.63) is 60.0 Å². The van der Waals surface area contributed by atoms with Gasteiger partial charge in [0.15, 0.2) is 11.7 Å². The molecule has 0 fully saturated rings. The van der Waals surface area contributed by atoms with Gasteiger partial charge in [0.1, 0.15) is 5.75 Å². The van der Waals surface area contributed by atoms with Crippen LogP contribution in [-0.4, -0.2) is 24.0 Å². The van der Waals surface area contributed by atoms with Crippen LogP contribution in [0.2, 0.25) is 0 Å². The van der Waals surface area contributed by atoms with E-state index >= 15 is 0 Å². The van der Waals surface area contributed by atoms with Gasteiger partial charge in [-0.15, -0.1) is 11.3 Å². The van der Waals surface area contributed by atoms with Gasteiger partial charge in [-0.05, 0) is 31.2 Å². The predicted molar refractivity (Wildman–Crippen MR) is 102 cm³/mol. The molecule has 25 heavy (non-hydrogen) atoms. The van der Waals surface area contributed by atoms with Gasteiger partial charge < -0.3 is 15.4 Å². The van der Waals surface area contributed by atoms with E-state index in [1.54, 1.807) is 11.3 Å². The molecule has 3 rings (SSSR count). The van der Waals surface area contributed by atoms with E-state index in [-0.39, 0.29) is 12.5 Å². The van der Waals surface area contributed by atoms with E-state index in [4.69, 9.17) is 4.74 Å². The summed E-state index contributed by atoms with van der Waals surface area (Å²) in [5.41, 5.74) is 2.57. The molecule has 6 heteroatoms. The van der Waals surface area contributed by atoms with Crippen LogP contribution >= 0.6 is 11.3 Å². The van der Waals surface area contributed by atoms with Crippen molar-refractivity contribution in [2.75, 3.05) is 23.8 Å². The molecule has 0 aliphatic carbocycles. The molecule has 5 nitrogen and oxygen atoms in total. The number of thiazole rings is 1. The number of carbonyl (C=O) groups is 1. The van der Waals surface area contributed by atoms with Crippen LogP contribution in [0, 0.1) is 0 Å². The second-order valence-corrected chi connectivity index (χ2v) is 6.16. The molecule has 1 heterocycles. The number of anilines is 2. The number of nitrogens with zero attached hydrogens (tertiary/aromatic N) is 1. The highest BCUT2D eigenvalue weighted by Crippen LogP contribution is 2.26. The summed E-state index contributed by atoms with van der Waals surface area (Å²) in [5.74, 6) is 0.470. The zero-order valence-corrected chi connectivity index (χ0v) is 14.7. The van der Waals surface area contributed by atoms with Crippen LogP contribution in [0.4, 0.5) is 10.8 Å². The van der Waals surface area contributed by atoms with E-state index in [0.717, 1.165) is 28.6 Å². The lowest BCUT2D eigenvalue weighted by Crippen LogP contribution is -2.20. The average Bonchev–Trinajstić information content (AvgIpc) is 3.10. The van der Waals surface area contributed by atoms with E-state index in [1.807, 2.05) is 66.9 Å². The van der Waals surface area contributed by atoms with Gasteiger partial charge in [-0.1, -0.05) is 30.3 Å². The lowest BCUT2D eigenvalue weighted by molar-refractivity contribution is -0.118. The SMILES string of the molecule is CCNc1nc(-c2cccc(NC(=O)COc3ccccc3)c2)cs1. The van der Waals surface area contributed by atoms with Gasteiger partial charge in [-0.3, -0.25) is 4.79 Å². The molecule has 0 saturated carbocycles. The van der Waals surface area contributed by atoms with Crippen molar-refractivity contribution in [1.29, 1.82) is 0 Å². The highest BCUT2D eigenvalue weighted by molar-refractivity contribution is 7.14. The van der Waals surface area contributed by atoms with Crippen molar-refractivity contribution >= 4 is 28.1 Å². The molecule has 0 radical (unpaired) electrons. The Kier molecular flexibility index (Phi) is 5.64. The number of para-hydroxylation sites is 1. The molecule has 128 valence electrons. The lowest BCUT2D eigenvalue weighted by atomic mass is 10.1. The van der Waals surface area contributed by atoms with Crippen molar-refractivity contribution in [3.63, 3.8) is 0 Å². The summed E-state index contributed by atoms with van der Waals surface area (Å²) in [6, 6.07) is 16.9. The first-order valence-corrected chi connectivity index (χ1v) is 8.90. The number of benzene rings is 2. The van der Waals surface area contributed by atoms with E-state index in [9.17, 15) is 4.79 Å². The molecule has 2 N–H and O–H groups in total. The Labute approximate surface area is 150 Å². The molecule has 0 bridgehead atoms. The minimum atomic E-state index is -0.201. The highest BCUT2D eigenvalue weighted by atomic mass is 32.1. The Morgan fingerprint density at radius 2 is 2.00 bits per heavy atom. The summed E-state index contributed by atoms with van der Waals surface area (Å²) in [6.07, 6.45) is 0. The highest BCUT2D eigenvalue weighted by Gasteiger charge is 2.07. The number of ether oxygens (including phenoxy) is 1. The van der Waals surface area contributed by atoms with Crippen molar-refractivity contribution in [1.82, 2.24) is 4.98 Å². The van der Waals surface area contributed by atoms with Crippen molar-refractivity contribution in [3.8, 4) is 17.0 Å². The van der Waals surface area contributed by atoms with E-state index in [2.05, 4.69) is 15.6 Å². The number of aromatic nitrogens is 1. The van der Waals surface area contributed by atoms with Gasteiger partial charge in [-0.25, -0.2) is 4.98 Å². The zero-order valence-electron chi connectivity index (χ0n) is 13.9. The molecule has 0 spiro atoms. The number of nitrogens with one attached hydrogen (secondary N) is 2. The van der Waals surface area contributed by atoms with E-state index in [0.29, 0.717) is 5.75 Å². The van der Waals surface area contributed by atoms with Crippen LogP contribution in [-0.2, 0) is 4.79 Å². The molecule has 0 unspecified atom stereocenters. The number of hydrogen-bond donors (Lipinski definition) is 2. The summed E-state index contributed by atoms with van der Waals surface area (Å²) in [7, 11) is 0. The fraction of sp³-hybridized carbons (Fsp3) is 0.158. The number of amides is 1. The first kappa shape index (κ1) is 17.0. The van der Waals surface area contributed by atoms with Crippen LogP contribution in [0.5, 0.6) is 5.75 Å². The minimum absolute atomic E-state index is 0.0322. The first-order chi connectivity index (χ1) is 12.2. The number of rotatable bonds is 7. The molecule has 2 aromatic carbocycles. The third kappa shape index (κ3) is 4.81. The third-order valence-corrected chi connectivity index (χ3v) is 4.19. The molecule has 1 amide bonds. The van der Waals surface area contributed by atoms with Crippen LogP contribution in [0.15, 0.2) is 60.0 Å². The average molecular weight is 353 g/mol. The van der Waals surface area contributed by atoms with Crippen LogP contribution in [0.1, 0.15) is 6.92 Å². The van der Waals surface area contributed by atoms with Crippen molar-refractivity contribution in [2.24, 2.45) is 0 Å². The maximum absolute atomic E-state index is 12.1. The van der Waals surface area contributed by atoms with E-state index in [1.165, 1.54) is 0 Å². The lowest BCUT2D eigenvalue weighted by Gasteiger charge is -2.08. The molecule has 1 aromatic heterocycles. The Morgan fingerprint density at radius 1 is 1.16 bits per heavy atom. The van der Waals surface area contributed by atoms with Crippen molar-refractivity contribution in [2.45, 2.75) is 6.92 Å². The Bertz CT molecular complexity index is 833. The van der Waals surface area contributed by atoms with Gasteiger partial charge >= 0.3 is 0 Å². The number of hydrogen-bond acceptors (Lipinski definition) is 5. The monoisotopic (exact) mass is 353 g/mol. The Hall–Kier alpha value is -2.86. The first-order valence-electron chi connectivity index (χ1n) is 8.02. The predicted octanol–water partition coefficient (Wildman–Crippen LogP) is 4.26. The second-order valence-electron chi connectivity index (χ2n) is 5.30. The molecule has 0 saturated heterocycles. The van der Waals surface area contributed by atoms with Gasteiger partial charge in [0, 0.05) is 23.2 Å². The molecular weight excluding hydrogens is 334 g/mol. The van der Waals surface area contributed by atoms with Crippen LogP contribution in [0.3, 0.4) is 0 Å². The summed E-state index contributed by atoms with van der Waals surface area (Å²) < 4.78 is 5.45. The normalized spacial score (nSPS) is 10.3. The quantitative estimate of drug-likeness (QED) is 0.666. The van der Waals surface area contributed by atoms with Crippen molar-refractivity contribution < 1.29 is 9.53 Å². The Morgan fingerprint density at radius 3 is 2.80 bits per heavy atom. The second kappa shape index (κ2) is 8.30. The zero-order chi connectivity index (χ0) is 17.5. The maximum atomic E-state index is 12.1. The molecule has 0 aliphatic rings. The largest absolute Gasteiger partial charge is 0.484 e. The van der Waals surface area contributed by atoms with Crippen LogP contribution in [0.25, 0.3) is 11.3 Å². The summed E-state index contributed by atoms with van der Waals surface area (Å²) >= 11 is 1.56. The number of carbonyl (C=O) groups excluding carboxylic acids is 1. The van der Waals surface area contributed by atoms with Crippen LogP contribution < -0.4 is 15.4 Å². The summed E-state index contributed by atoms with van der Waals surface area (Å²) in [4.78, 5) is 16.6. The molecule has 0 aliphatic heterocycles. The van der Waals surface area contributed by atoms with Gasteiger partial charge in [-0.2, -0.15) is 0 Å². The third-order valence-electron chi connectivity index (χ3n) is 3.39. The van der Waals surface area contributed by atoms with Gasteiger partial charge in [0.25, 0.3) is 5.91 Å². The fourth-order valence-corrected chi connectivity index (χ4v) is 3.05. The summed E-state index contributed by atoms with van der Waals surface area (Å²) in [5, 5.41) is 8.94. The molecule has 0 atom stereocenters. The van der Waals surface area contributed by atoms with Gasteiger partial charge in [0.2, 0.25) is 0 Å². The minimum Gasteiger partial charge on any atom is -0.484 e. The standard InChI is InChI=1S/C19H19N3O2S/c1-2-20-19-22-17(13-25-19)14-7-6-8-15(11-14)21-18(23)12-24-16-9-4-3-5-10-16/h3-11,13H,2,12H2,1H3,(H,20,22)(H,21,23). The molecule has 3 aromatic rings. The van der Waals surface area contributed by atoms with Gasteiger partial charge in [0.05, 0.1) is 5.69 Å². The van der Waals surface area contributed by atoms with E-state index < -0.39 is 0 Å². The smallest absolute Gasteiger partial charge is 0.262 e. The topological polar surface area (TPSA) is 63.2 Å². The maximum Gasteiger partial charge on any atom is 0.262 e. The summed E-state index contributed by atoms with van der Waals surface area (Å²) in [6.45, 7) is 2.84. The Balaban J connectivity index is 1.61. The fourth-order valence-electron chi connectivity index (χ4n) is 2.26.